The third kappa shape index (κ3) is 8.40. The Morgan fingerprint density at radius 3 is 2.15 bits per heavy atom. The van der Waals surface area contributed by atoms with Crippen LogP contribution >= 0.6 is 0 Å². The maximum atomic E-state index is 12.2. The summed E-state index contributed by atoms with van der Waals surface area (Å²) in [5.74, 6) is 2.74. The molecule has 261 valence electrons. The molecule has 2 heterocycles. The SMILES string of the molecule is CC(C)Cc1cc2c3c(nccc3c1)-c1[c-]c3ccccc3c(CC(C)(C)C)c1O2.CCC(C)(CC)C(=O)/C=C(\O)C(C)(CC)CC.[Ir]. The fourth-order valence-electron chi connectivity index (χ4n) is 6.30. The van der Waals surface area contributed by atoms with E-state index >= 15 is 0 Å². The molecule has 0 amide bonds. The Morgan fingerprint density at radius 2 is 1.56 bits per heavy atom. The van der Waals surface area contributed by atoms with Crippen molar-refractivity contribution in [3.8, 4) is 22.8 Å². The van der Waals surface area contributed by atoms with Crippen LogP contribution in [0.4, 0.5) is 0 Å². The van der Waals surface area contributed by atoms with E-state index in [4.69, 9.17) is 9.72 Å². The Labute approximate surface area is 303 Å². The van der Waals surface area contributed by atoms with Gasteiger partial charge in [-0.3, -0.25) is 9.78 Å². The molecule has 0 unspecified atom stereocenters. The van der Waals surface area contributed by atoms with Crippen LogP contribution in [0.1, 0.15) is 113 Å². The molecule has 0 saturated carbocycles. The number of benzene rings is 3. The molecule has 1 aliphatic rings. The Balaban J connectivity index is 0.000000301. The monoisotopic (exact) mass is 827 g/mol. The van der Waals surface area contributed by atoms with Gasteiger partial charge in [-0.05, 0) is 72.9 Å². The largest absolute Gasteiger partial charge is 0.512 e. The summed E-state index contributed by atoms with van der Waals surface area (Å²) in [6.45, 7) is 23.4. The maximum absolute atomic E-state index is 12.2. The average molecular weight is 827 g/mol. The second-order valence-corrected chi connectivity index (χ2v) is 15.6. The molecule has 4 aromatic rings. The zero-order valence-electron chi connectivity index (χ0n) is 31.1. The van der Waals surface area contributed by atoms with Gasteiger partial charge in [-0.15, -0.1) is 17.5 Å². The van der Waals surface area contributed by atoms with E-state index in [1.54, 1.807) is 0 Å². The van der Waals surface area contributed by atoms with Crippen molar-refractivity contribution in [2.24, 2.45) is 22.2 Å². The molecule has 48 heavy (non-hydrogen) atoms. The van der Waals surface area contributed by atoms with Gasteiger partial charge in [0.15, 0.2) is 5.78 Å². The summed E-state index contributed by atoms with van der Waals surface area (Å²) < 4.78 is 6.69. The molecule has 3 aromatic carbocycles. The minimum absolute atomic E-state index is 0. The smallest absolute Gasteiger partial charge is 0.164 e. The topological polar surface area (TPSA) is 59.4 Å². The molecule has 1 aromatic heterocycles. The van der Waals surface area contributed by atoms with E-state index in [2.05, 4.69) is 83.1 Å². The Morgan fingerprint density at radius 1 is 0.938 bits per heavy atom. The van der Waals surface area contributed by atoms with Gasteiger partial charge in [0.2, 0.25) is 0 Å². The molecule has 1 N–H and O–H groups in total. The first-order valence-corrected chi connectivity index (χ1v) is 17.6. The van der Waals surface area contributed by atoms with Gasteiger partial charge in [0.25, 0.3) is 0 Å². The van der Waals surface area contributed by atoms with Crippen molar-refractivity contribution >= 4 is 27.3 Å². The van der Waals surface area contributed by atoms with Crippen molar-refractivity contribution in [2.75, 3.05) is 0 Å². The number of carbonyl (C=O) groups is 1. The molecule has 0 saturated heterocycles. The zero-order chi connectivity index (χ0) is 34.7. The molecule has 0 aliphatic carbocycles. The summed E-state index contributed by atoms with van der Waals surface area (Å²) in [6, 6.07) is 18.7. The predicted octanol–water partition coefficient (Wildman–Crippen LogP) is 12.4. The quantitative estimate of drug-likeness (QED) is 0.0865. The van der Waals surface area contributed by atoms with Crippen LogP contribution in [0.5, 0.6) is 11.5 Å². The van der Waals surface area contributed by atoms with Crippen LogP contribution in [0, 0.1) is 28.2 Å². The van der Waals surface area contributed by atoms with E-state index in [1.165, 1.54) is 28.0 Å². The van der Waals surface area contributed by atoms with Gasteiger partial charge < -0.3 is 9.84 Å². The second-order valence-electron chi connectivity index (χ2n) is 15.6. The van der Waals surface area contributed by atoms with E-state index in [-0.39, 0.29) is 47.9 Å². The normalized spacial score (nSPS) is 13.0. The number of carbonyl (C=O) groups excluding carboxylic acids is 1. The van der Waals surface area contributed by atoms with Crippen LogP contribution in [0.3, 0.4) is 0 Å². The van der Waals surface area contributed by atoms with Gasteiger partial charge in [0.1, 0.15) is 11.5 Å². The predicted molar refractivity (Wildman–Crippen MR) is 198 cm³/mol. The molecule has 0 spiro atoms. The van der Waals surface area contributed by atoms with Gasteiger partial charge >= 0.3 is 0 Å². The van der Waals surface area contributed by atoms with Crippen LogP contribution in [0.25, 0.3) is 32.8 Å². The number of fused-ring (bicyclic) bond motifs is 3. The van der Waals surface area contributed by atoms with Crippen LogP contribution in [0.15, 0.2) is 60.5 Å². The Bertz CT molecular complexity index is 1770. The van der Waals surface area contributed by atoms with E-state index in [9.17, 15) is 9.90 Å². The summed E-state index contributed by atoms with van der Waals surface area (Å²) in [4.78, 5) is 17.0. The number of rotatable bonds is 10. The van der Waals surface area contributed by atoms with Gasteiger partial charge in [-0.2, -0.15) is 0 Å². The Kier molecular flexibility index (Phi) is 12.9. The molecule has 4 nitrogen and oxygen atoms in total. The summed E-state index contributed by atoms with van der Waals surface area (Å²) in [5.41, 5.74) is 4.08. The molecule has 5 rings (SSSR count). The van der Waals surface area contributed by atoms with Crippen molar-refractivity contribution in [3.63, 3.8) is 0 Å². The number of aromatic nitrogens is 1. The molecule has 0 fully saturated rings. The number of hydrogen-bond acceptors (Lipinski definition) is 4. The summed E-state index contributed by atoms with van der Waals surface area (Å²) >= 11 is 0. The first kappa shape index (κ1) is 39.4. The van der Waals surface area contributed by atoms with Gasteiger partial charge in [0.05, 0.1) is 5.75 Å². The molecular formula is C43H56IrNO3-. The summed E-state index contributed by atoms with van der Waals surface area (Å²) in [6.07, 6.45) is 8.64. The molecule has 0 atom stereocenters. The van der Waals surface area contributed by atoms with Crippen LogP contribution in [-0.2, 0) is 37.7 Å². The fourth-order valence-corrected chi connectivity index (χ4v) is 6.30. The Hall–Kier alpha value is -3.01. The van der Waals surface area contributed by atoms with E-state index < -0.39 is 0 Å². The average Bonchev–Trinajstić information content (AvgIpc) is 3.03. The zero-order valence-corrected chi connectivity index (χ0v) is 33.5. The van der Waals surface area contributed by atoms with Gasteiger partial charge in [-0.1, -0.05) is 117 Å². The van der Waals surface area contributed by atoms with Crippen molar-refractivity contribution in [1.82, 2.24) is 4.98 Å². The van der Waals surface area contributed by atoms with Crippen LogP contribution in [-0.4, -0.2) is 15.9 Å². The van der Waals surface area contributed by atoms with Gasteiger partial charge in [0, 0.05) is 54.3 Å². The third-order valence-electron chi connectivity index (χ3n) is 10.3. The first-order chi connectivity index (χ1) is 22.1. The molecular weight excluding hydrogens is 771 g/mol. The fraction of sp³-hybridized carbons (Fsp3) is 0.488. The minimum Gasteiger partial charge on any atom is -0.512 e. The van der Waals surface area contributed by atoms with Crippen molar-refractivity contribution in [2.45, 2.75) is 115 Å². The molecule has 1 radical (unpaired) electrons. The van der Waals surface area contributed by atoms with E-state index in [0.717, 1.165) is 72.1 Å². The number of hydrogen-bond donors (Lipinski definition) is 1. The molecule has 5 heteroatoms. The number of ether oxygens (including phenoxy) is 1. The standard InChI is InChI=1S/C28H28NO.C15H28O2.Ir/c1-17(2)12-18-13-20-10-11-29-26-22-15-19-8-6-7-9-21(19)23(16-28(3,4)5)27(22)30-24(14-18)25(20)26;1-7-14(5,8-2)12(16)11-13(17)15(6,9-3)10-4;/h6-11,13-14,17H,12,16H2,1-5H3;11,16H,7-10H2,1-6H3;/q-1;;/b;12-11-;. The van der Waals surface area contributed by atoms with Crippen molar-refractivity contribution < 1.29 is 34.7 Å². The number of nitrogens with zero attached hydrogens (tertiary/aromatic N) is 1. The molecule has 0 bridgehead atoms. The van der Waals surface area contributed by atoms with Crippen LogP contribution in [0.2, 0.25) is 0 Å². The van der Waals surface area contributed by atoms with Crippen molar-refractivity contribution in [1.29, 1.82) is 0 Å². The third-order valence-corrected chi connectivity index (χ3v) is 10.3. The number of aliphatic hydroxyl groups excluding tert-OH is 1. The number of allylic oxidation sites excluding steroid dienone is 2. The summed E-state index contributed by atoms with van der Waals surface area (Å²) in [7, 11) is 0. The summed E-state index contributed by atoms with van der Waals surface area (Å²) in [5, 5.41) is 14.8. The maximum Gasteiger partial charge on any atom is 0.164 e. The van der Waals surface area contributed by atoms with E-state index in [0.29, 0.717) is 5.92 Å². The van der Waals surface area contributed by atoms with Gasteiger partial charge in [-0.25, -0.2) is 0 Å². The van der Waals surface area contributed by atoms with Crippen LogP contribution < -0.4 is 4.74 Å². The molecule has 1 aliphatic heterocycles. The number of aliphatic hydroxyl groups is 1. The second kappa shape index (κ2) is 15.7. The number of pyridine rings is 1. The number of ketones is 1. The van der Waals surface area contributed by atoms with Crippen molar-refractivity contribution in [3.05, 3.63) is 77.7 Å². The minimum atomic E-state index is -0.337. The van der Waals surface area contributed by atoms with E-state index in [1.807, 2.05) is 47.7 Å². The first-order valence-electron chi connectivity index (χ1n) is 17.6.